The molecule has 0 radical (unpaired) electrons. The van der Waals surface area contributed by atoms with Crippen molar-refractivity contribution in [3.8, 4) is 0 Å². The second kappa shape index (κ2) is 6.63. The van der Waals surface area contributed by atoms with Crippen LogP contribution in [0.25, 0.3) is 0 Å². The molecule has 0 aliphatic rings. The predicted molar refractivity (Wildman–Crippen MR) is 77.4 cm³/mol. The first-order valence-corrected chi connectivity index (χ1v) is 6.90. The normalized spacial score (nSPS) is 14.2. The Bertz CT molecular complexity index is 552. The lowest BCUT2D eigenvalue weighted by atomic mass is 10.0. The molecule has 2 rings (SSSR count). The van der Waals surface area contributed by atoms with Crippen molar-refractivity contribution in [2.75, 3.05) is 0 Å². The number of nitrogens with one attached hydrogen (secondary N) is 1. The number of hydrogen-bond acceptors (Lipinski definition) is 3. The van der Waals surface area contributed by atoms with Gasteiger partial charge in [-0.05, 0) is 25.5 Å². The van der Waals surface area contributed by atoms with Crippen molar-refractivity contribution in [3.63, 3.8) is 0 Å². The molecule has 0 saturated heterocycles. The first kappa shape index (κ1) is 14.7. The number of nitrogens with zero attached hydrogens (tertiary/aromatic N) is 2. The van der Waals surface area contributed by atoms with Gasteiger partial charge in [-0.3, -0.25) is 16.0 Å². The number of rotatable bonds is 6. The van der Waals surface area contributed by atoms with E-state index in [0.717, 1.165) is 12.1 Å². The molecule has 0 aliphatic carbocycles. The Labute approximate surface area is 118 Å². The zero-order valence-electron chi connectivity index (χ0n) is 11.9. The fraction of sp³-hybridized carbons (Fsp3) is 0.400. The number of nitrogens with two attached hydrogens (primary N) is 1. The van der Waals surface area contributed by atoms with Crippen molar-refractivity contribution in [3.05, 3.63) is 53.6 Å². The van der Waals surface area contributed by atoms with Crippen molar-refractivity contribution in [2.45, 2.75) is 38.8 Å². The molecule has 0 aliphatic heterocycles. The Morgan fingerprint density at radius 1 is 1.35 bits per heavy atom. The number of hydrogen-bond donors (Lipinski definition) is 2. The third-order valence-electron chi connectivity index (χ3n) is 3.60. The number of benzene rings is 1. The summed E-state index contributed by atoms with van der Waals surface area (Å²) >= 11 is 0. The summed E-state index contributed by atoms with van der Waals surface area (Å²) in [4.78, 5) is 0. The zero-order chi connectivity index (χ0) is 14.5. The van der Waals surface area contributed by atoms with Crippen LogP contribution in [0.4, 0.5) is 4.39 Å². The summed E-state index contributed by atoms with van der Waals surface area (Å²) < 4.78 is 15.7. The molecular formula is C15H21FN4. The molecule has 0 spiro atoms. The van der Waals surface area contributed by atoms with Gasteiger partial charge in [-0.1, -0.05) is 25.1 Å². The van der Waals surface area contributed by atoms with Crippen LogP contribution in [0.2, 0.25) is 0 Å². The van der Waals surface area contributed by atoms with E-state index in [2.05, 4.69) is 24.4 Å². The molecule has 3 N–H and O–H groups in total. The minimum Gasteiger partial charge on any atom is -0.271 e. The minimum absolute atomic E-state index is 0.253. The molecule has 0 fully saturated rings. The van der Waals surface area contributed by atoms with Crippen LogP contribution in [0, 0.1) is 5.82 Å². The van der Waals surface area contributed by atoms with E-state index in [1.54, 1.807) is 18.2 Å². The smallest absolute Gasteiger partial charge is 0.128 e. The number of aromatic nitrogens is 2. The molecule has 2 aromatic rings. The summed E-state index contributed by atoms with van der Waals surface area (Å²) in [5, 5.41) is 4.52. The summed E-state index contributed by atoms with van der Waals surface area (Å²) in [7, 11) is 0. The second-order valence-corrected chi connectivity index (χ2v) is 4.99. The molecule has 1 heterocycles. The standard InChI is InChI=1S/C15H21FN4/c1-3-11(2)20-9-8-12(19-20)10-15(18-17)13-6-4-5-7-14(13)16/h4-9,11,15,18H,3,10,17H2,1-2H3. The van der Waals surface area contributed by atoms with Crippen molar-refractivity contribution in [1.29, 1.82) is 0 Å². The molecule has 5 heteroatoms. The van der Waals surface area contributed by atoms with Gasteiger partial charge in [0.25, 0.3) is 0 Å². The lowest BCUT2D eigenvalue weighted by Gasteiger charge is -2.16. The molecule has 20 heavy (non-hydrogen) atoms. The van der Waals surface area contributed by atoms with E-state index in [9.17, 15) is 4.39 Å². The van der Waals surface area contributed by atoms with Crippen LogP contribution in [-0.2, 0) is 6.42 Å². The van der Waals surface area contributed by atoms with Gasteiger partial charge in [-0.25, -0.2) is 4.39 Å². The van der Waals surface area contributed by atoms with Crippen LogP contribution in [-0.4, -0.2) is 9.78 Å². The lowest BCUT2D eigenvalue weighted by Crippen LogP contribution is -2.30. The van der Waals surface area contributed by atoms with Gasteiger partial charge in [-0.15, -0.1) is 0 Å². The minimum atomic E-state index is -0.281. The molecule has 0 amide bonds. The van der Waals surface area contributed by atoms with Crippen LogP contribution in [0.15, 0.2) is 36.5 Å². The van der Waals surface area contributed by atoms with E-state index in [-0.39, 0.29) is 11.9 Å². The molecule has 1 aromatic heterocycles. The third-order valence-corrected chi connectivity index (χ3v) is 3.60. The second-order valence-electron chi connectivity index (χ2n) is 4.99. The van der Waals surface area contributed by atoms with Gasteiger partial charge in [0.2, 0.25) is 0 Å². The molecule has 1 aromatic carbocycles. The molecule has 0 bridgehead atoms. The molecular weight excluding hydrogens is 255 g/mol. The first-order valence-electron chi connectivity index (χ1n) is 6.90. The van der Waals surface area contributed by atoms with E-state index in [1.165, 1.54) is 6.07 Å². The van der Waals surface area contributed by atoms with Crippen LogP contribution < -0.4 is 11.3 Å². The largest absolute Gasteiger partial charge is 0.271 e. The van der Waals surface area contributed by atoms with Crippen LogP contribution in [0.3, 0.4) is 0 Å². The molecule has 2 atom stereocenters. The van der Waals surface area contributed by atoms with Gasteiger partial charge in [0.05, 0.1) is 11.7 Å². The van der Waals surface area contributed by atoms with E-state index in [1.807, 2.05) is 16.9 Å². The zero-order valence-corrected chi connectivity index (χ0v) is 11.9. The molecule has 4 nitrogen and oxygen atoms in total. The van der Waals surface area contributed by atoms with Gasteiger partial charge in [0, 0.05) is 24.2 Å². The SMILES string of the molecule is CCC(C)n1ccc(CC(NN)c2ccccc2F)n1. The highest BCUT2D eigenvalue weighted by Gasteiger charge is 2.16. The highest BCUT2D eigenvalue weighted by molar-refractivity contribution is 5.22. The Morgan fingerprint density at radius 2 is 2.10 bits per heavy atom. The van der Waals surface area contributed by atoms with Gasteiger partial charge in [0.1, 0.15) is 5.82 Å². The van der Waals surface area contributed by atoms with E-state index >= 15 is 0 Å². The highest BCUT2D eigenvalue weighted by Crippen LogP contribution is 2.20. The Morgan fingerprint density at radius 3 is 2.75 bits per heavy atom. The summed E-state index contributed by atoms with van der Waals surface area (Å²) in [6.45, 7) is 4.24. The summed E-state index contributed by atoms with van der Waals surface area (Å²) in [6, 6.07) is 8.70. The van der Waals surface area contributed by atoms with Crippen molar-refractivity contribution >= 4 is 0 Å². The maximum absolute atomic E-state index is 13.8. The fourth-order valence-corrected chi connectivity index (χ4v) is 2.14. The maximum Gasteiger partial charge on any atom is 0.128 e. The summed E-state index contributed by atoms with van der Waals surface area (Å²) in [6.07, 6.45) is 3.53. The first-order chi connectivity index (χ1) is 9.65. The molecule has 108 valence electrons. The average molecular weight is 276 g/mol. The van der Waals surface area contributed by atoms with Crippen LogP contribution >= 0.6 is 0 Å². The number of hydrazine groups is 1. The predicted octanol–water partition coefficient (Wildman–Crippen LogP) is 2.74. The number of halogens is 1. The van der Waals surface area contributed by atoms with Crippen molar-refractivity contribution in [1.82, 2.24) is 15.2 Å². The molecule has 2 unspecified atom stereocenters. The Kier molecular flexibility index (Phi) is 4.87. The average Bonchev–Trinajstić information content (AvgIpc) is 2.93. The summed E-state index contributed by atoms with van der Waals surface area (Å²) in [5.74, 6) is 5.31. The summed E-state index contributed by atoms with van der Waals surface area (Å²) in [5.41, 5.74) is 4.13. The quantitative estimate of drug-likeness (QED) is 0.630. The third kappa shape index (κ3) is 3.23. The lowest BCUT2D eigenvalue weighted by molar-refractivity contribution is 0.463. The van der Waals surface area contributed by atoms with Crippen LogP contribution in [0.1, 0.15) is 43.6 Å². The Hall–Kier alpha value is -1.72. The van der Waals surface area contributed by atoms with Crippen molar-refractivity contribution < 1.29 is 4.39 Å². The van der Waals surface area contributed by atoms with E-state index < -0.39 is 0 Å². The van der Waals surface area contributed by atoms with E-state index in [0.29, 0.717) is 18.0 Å². The monoisotopic (exact) mass is 276 g/mol. The van der Waals surface area contributed by atoms with E-state index in [4.69, 9.17) is 5.84 Å². The molecule has 0 saturated carbocycles. The van der Waals surface area contributed by atoms with Gasteiger partial charge >= 0.3 is 0 Å². The topological polar surface area (TPSA) is 55.9 Å². The van der Waals surface area contributed by atoms with Crippen molar-refractivity contribution in [2.24, 2.45) is 5.84 Å². The highest BCUT2D eigenvalue weighted by atomic mass is 19.1. The maximum atomic E-state index is 13.8. The van der Waals surface area contributed by atoms with Crippen LogP contribution in [0.5, 0.6) is 0 Å². The van der Waals surface area contributed by atoms with Gasteiger partial charge in [0.15, 0.2) is 0 Å². The van der Waals surface area contributed by atoms with Gasteiger partial charge < -0.3 is 0 Å². The van der Waals surface area contributed by atoms with Gasteiger partial charge in [-0.2, -0.15) is 5.10 Å². The fourth-order valence-electron chi connectivity index (χ4n) is 2.14. The Balaban J connectivity index is 2.15.